The third kappa shape index (κ3) is 2.83. The van der Waals surface area contributed by atoms with Gasteiger partial charge in [-0.05, 0) is 18.2 Å². The molecule has 1 aromatic rings. The van der Waals surface area contributed by atoms with Crippen LogP contribution in [-0.2, 0) is 4.74 Å². The van der Waals surface area contributed by atoms with E-state index in [1.54, 1.807) is 12.1 Å². The molecule has 1 aliphatic rings. The third-order valence-electron chi connectivity index (χ3n) is 2.79. The van der Waals surface area contributed by atoms with E-state index >= 15 is 0 Å². The Morgan fingerprint density at radius 2 is 2.12 bits per heavy atom. The minimum absolute atomic E-state index is 0.341. The first kappa shape index (κ1) is 12.5. The van der Waals surface area contributed by atoms with Gasteiger partial charge in [0.1, 0.15) is 11.9 Å². The maximum atomic E-state index is 13.7. The van der Waals surface area contributed by atoms with E-state index in [1.165, 1.54) is 6.07 Å². The van der Waals surface area contributed by atoms with Gasteiger partial charge in [-0.25, -0.2) is 4.39 Å². The van der Waals surface area contributed by atoms with Gasteiger partial charge in [-0.1, -0.05) is 15.9 Å². The van der Waals surface area contributed by atoms with Crippen LogP contribution in [0.25, 0.3) is 0 Å². The van der Waals surface area contributed by atoms with E-state index in [2.05, 4.69) is 22.0 Å². The molecule has 0 saturated carbocycles. The predicted octanol–water partition coefficient (Wildman–Crippen LogP) is 2.49. The molecule has 0 amide bonds. The maximum Gasteiger partial charge on any atom is 0.129 e. The highest BCUT2D eigenvalue weighted by Gasteiger charge is 2.24. The normalized spacial score (nSPS) is 18.6. The van der Waals surface area contributed by atoms with Crippen molar-refractivity contribution in [1.82, 2.24) is 4.90 Å². The summed E-state index contributed by atoms with van der Waals surface area (Å²) in [5.74, 6) is -0.341. The standard InChI is InChI=1S/C12H12BrFN2O/c13-9-1-2-11(14)10(7-9)12(8-15)16-3-5-17-6-4-16/h1-2,7,12H,3-6H2. The molecule has 1 aliphatic heterocycles. The lowest BCUT2D eigenvalue weighted by Gasteiger charge is -2.30. The first-order valence-electron chi connectivity index (χ1n) is 5.38. The Labute approximate surface area is 108 Å². The highest BCUT2D eigenvalue weighted by molar-refractivity contribution is 9.10. The van der Waals surface area contributed by atoms with Crippen LogP contribution in [-0.4, -0.2) is 31.2 Å². The number of hydrogen-bond donors (Lipinski definition) is 0. The summed E-state index contributed by atoms with van der Waals surface area (Å²) in [4.78, 5) is 1.94. The fourth-order valence-electron chi connectivity index (χ4n) is 1.91. The molecule has 1 aromatic carbocycles. The van der Waals surface area contributed by atoms with Crippen LogP contribution < -0.4 is 0 Å². The zero-order valence-electron chi connectivity index (χ0n) is 9.20. The summed E-state index contributed by atoms with van der Waals surface area (Å²) < 4.78 is 19.7. The number of nitriles is 1. The van der Waals surface area contributed by atoms with Crippen LogP contribution in [0.15, 0.2) is 22.7 Å². The Balaban J connectivity index is 2.28. The van der Waals surface area contributed by atoms with E-state index < -0.39 is 6.04 Å². The van der Waals surface area contributed by atoms with Crippen molar-refractivity contribution in [1.29, 1.82) is 5.26 Å². The molecule has 0 radical (unpaired) electrons. The van der Waals surface area contributed by atoms with E-state index in [4.69, 9.17) is 4.74 Å². The lowest BCUT2D eigenvalue weighted by atomic mass is 10.1. The van der Waals surface area contributed by atoms with Gasteiger partial charge in [0, 0.05) is 23.1 Å². The van der Waals surface area contributed by atoms with Crippen LogP contribution in [0.1, 0.15) is 11.6 Å². The monoisotopic (exact) mass is 298 g/mol. The summed E-state index contributed by atoms with van der Waals surface area (Å²) in [6.45, 7) is 2.50. The van der Waals surface area contributed by atoms with Crippen LogP contribution in [0, 0.1) is 17.1 Å². The molecule has 90 valence electrons. The van der Waals surface area contributed by atoms with Gasteiger partial charge in [0.05, 0.1) is 19.3 Å². The van der Waals surface area contributed by atoms with Gasteiger partial charge in [0.2, 0.25) is 0 Å². The van der Waals surface area contributed by atoms with Crippen LogP contribution in [0.5, 0.6) is 0 Å². The second kappa shape index (κ2) is 5.58. The van der Waals surface area contributed by atoms with Crippen LogP contribution in [0.3, 0.4) is 0 Å². The van der Waals surface area contributed by atoms with Crippen molar-refractivity contribution < 1.29 is 9.13 Å². The van der Waals surface area contributed by atoms with E-state index in [1.807, 2.05) is 4.90 Å². The SMILES string of the molecule is N#CC(c1cc(Br)ccc1F)N1CCOCC1. The van der Waals surface area contributed by atoms with E-state index in [-0.39, 0.29) is 5.82 Å². The summed E-state index contributed by atoms with van der Waals surface area (Å²) in [6.07, 6.45) is 0. The molecule has 3 nitrogen and oxygen atoms in total. The van der Waals surface area contributed by atoms with Crippen molar-refractivity contribution >= 4 is 15.9 Å². The second-order valence-corrected chi connectivity index (χ2v) is 4.76. The number of nitrogens with zero attached hydrogens (tertiary/aromatic N) is 2. The van der Waals surface area contributed by atoms with Gasteiger partial charge in [-0.2, -0.15) is 5.26 Å². The molecule has 17 heavy (non-hydrogen) atoms. The fourth-order valence-corrected chi connectivity index (χ4v) is 2.29. The Kier molecular flexibility index (Phi) is 4.11. The molecule has 0 bridgehead atoms. The Bertz CT molecular complexity index is 441. The topological polar surface area (TPSA) is 36.3 Å². The largest absolute Gasteiger partial charge is 0.379 e. The summed E-state index contributed by atoms with van der Waals surface area (Å²) in [6, 6.07) is 6.30. The highest BCUT2D eigenvalue weighted by Crippen LogP contribution is 2.26. The molecule has 0 aromatic heterocycles. The molecule has 1 atom stereocenters. The number of rotatable bonds is 2. The second-order valence-electron chi connectivity index (χ2n) is 3.85. The molecule has 1 unspecified atom stereocenters. The Morgan fingerprint density at radius 3 is 2.76 bits per heavy atom. The zero-order chi connectivity index (χ0) is 12.3. The lowest BCUT2D eigenvalue weighted by Crippen LogP contribution is -2.38. The van der Waals surface area contributed by atoms with Crippen LogP contribution in [0.4, 0.5) is 4.39 Å². The quantitative estimate of drug-likeness (QED) is 0.842. The smallest absolute Gasteiger partial charge is 0.129 e. The third-order valence-corrected chi connectivity index (χ3v) is 3.28. The van der Waals surface area contributed by atoms with Gasteiger partial charge in [0.15, 0.2) is 0 Å². The summed E-state index contributed by atoms with van der Waals surface area (Å²) in [5.41, 5.74) is 0.420. The number of morpholine rings is 1. The van der Waals surface area contributed by atoms with Crippen molar-refractivity contribution in [2.75, 3.05) is 26.3 Å². The van der Waals surface area contributed by atoms with Crippen molar-refractivity contribution in [2.45, 2.75) is 6.04 Å². The minimum Gasteiger partial charge on any atom is -0.379 e. The van der Waals surface area contributed by atoms with Crippen LogP contribution in [0.2, 0.25) is 0 Å². The highest BCUT2D eigenvalue weighted by atomic mass is 79.9. The molecule has 0 spiro atoms. The summed E-state index contributed by atoms with van der Waals surface area (Å²) in [7, 11) is 0. The lowest BCUT2D eigenvalue weighted by molar-refractivity contribution is 0.0261. The number of halogens is 2. The predicted molar refractivity (Wildman–Crippen MR) is 64.8 cm³/mol. The first-order valence-corrected chi connectivity index (χ1v) is 6.18. The van der Waals surface area contributed by atoms with Gasteiger partial charge < -0.3 is 4.74 Å². The van der Waals surface area contributed by atoms with E-state index in [0.717, 1.165) is 4.47 Å². The molecule has 2 rings (SSSR count). The summed E-state index contributed by atoms with van der Waals surface area (Å²) in [5, 5.41) is 9.23. The van der Waals surface area contributed by atoms with Gasteiger partial charge in [0.25, 0.3) is 0 Å². The molecule has 1 saturated heterocycles. The van der Waals surface area contributed by atoms with Gasteiger partial charge >= 0.3 is 0 Å². The molecule has 0 N–H and O–H groups in total. The molecular formula is C12H12BrFN2O. The number of hydrogen-bond acceptors (Lipinski definition) is 3. The van der Waals surface area contributed by atoms with Gasteiger partial charge in [-0.15, -0.1) is 0 Å². The summed E-state index contributed by atoms with van der Waals surface area (Å²) >= 11 is 3.30. The van der Waals surface area contributed by atoms with E-state index in [9.17, 15) is 9.65 Å². The first-order chi connectivity index (χ1) is 8.22. The average Bonchev–Trinajstić information content (AvgIpc) is 2.36. The number of ether oxygens (including phenoxy) is 1. The maximum absolute atomic E-state index is 13.7. The average molecular weight is 299 g/mol. The minimum atomic E-state index is -0.545. The zero-order valence-corrected chi connectivity index (χ0v) is 10.8. The van der Waals surface area contributed by atoms with Crippen LogP contribution >= 0.6 is 15.9 Å². The number of benzene rings is 1. The van der Waals surface area contributed by atoms with E-state index in [0.29, 0.717) is 31.9 Å². The van der Waals surface area contributed by atoms with Crippen molar-refractivity contribution in [2.24, 2.45) is 0 Å². The molecular weight excluding hydrogens is 287 g/mol. The molecule has 5 heteroatoms. The molecule has 0 aliphatic carbocycles. The fraction of sp³-hybridized carbons (Fsp3) is 0.417. The Morgan fingerprint density at radius 1 is 1.41 bits per heavy atom. The van der Waals surface area contributed by atoms with Crippen molar-refractivity contribution in [3.05, 3.63) is 34.1 Å². The van der Waals surface area contributed by atoms with Gasteiger partial charge in [-0.3, -0.25) is 4.90 Å². The van der Waals surface area contributed by atoms with Crippen molar-refractivity contribution in [3.8, 4) is 6.07 Å². The van der Waals surface area contributed by atoms with Crippen molar-refractivity contribution in [3.63, 3.8) is 0 Å². The Hall–Kier alpha value is -0.960. The molecule has 1 heterocycles. The molecule has 1 fully saturated rings.